The molecular formula is C8H19NO5. The molecule has 0 bridgehead atoms. The lowest BCUT2D eigenvalue weighted by Gasteiger charge is -2.19. The summed E-state index contributed by atoms with van der Waals surface area (Å²) in [5.41, 5.74) is 0. The molecular weight excluding hydrogens is 190 g/mol. The van der Waals surface area contributed by atoms with Crippen molar-refractivity contribution in [1.29, 1.82) is 0 Å². The fourth-order valence-electron chi connectivity index (χ4n) is 0.976. The SMILES string of the molecule is COOCCN(CCO)CCOOC. The standard InChI is InChI=1S/C8H19NO5/c1-11-13-7-4-9(3-6-10)5-8-14-12-2/h10H,3-8H2,1-2H3. The van der Waals surface area contributed by atoms with Crippen LogP contribution in [0.1, 0.15) is 0 Å². The van der Waals surface area contributed by atoms with E-state index in [-0.39, 0.29) is 6.61 Å². The van der Waals surface area contributed by atoms with Crippen molar-refractivity contribution in [3.05, 3.63) is 0 Å². The fraction of sp³-hybridized carbons (Fsp3) is 1.00. The zero-order valence-electron chi connectivity index (χ0n) is 8.77. The lowest BCUT2D eigenvalue weighted by molar-refractivity contribution is -0.280. The summed E-state index contributed by atoms with van der Waals surface area (Å²) in [4.78, 5) is 20.3. The van der Waals surface area contributed by atoms with E-state index in [1.807, 2.05) is 4.90 Å². The molecule has 0 aliphatic rings. The van der Waals surface area contributed by atoms with Crippen molar-refractivity contribution in [1.82, 2.24) is 4.90 Å². The average Bonchev–Trinajstić information content (AvgIpc) is 2.18. The van der Waals surface area contributed by atoms with Crippen LogP contribution in [0.3, 0.4) is 0 Å². The third kappa shape index (κ3) is 8.36. The van der Waals surface area contributed by atoms with Gasteiger partial charge >= 0.3 is 0 Å². The summed E-state index contributed by atoms with van der Waals surface area (Å²) < 4.78 is 0. The molecule has 86 valence electrons. The van der Waals surface area contributed by atoms with E-state index in [1.54, 1.807) is 0 Å². The third-order valence-corrected chi connectivity index (χ3v) is 1.63. The van der Waals surface area contributed by atoms with Crippen LogP contribution in [0.4, 0.5) is 0 Å². The molecule has 0 aliphatic heterocycles. The highest BCUT2D eigenvalue weighted by atomic mass is 17.2. The molecule has 0 aromatic carbocycles. The minimum absolute atomic E-state index is 0.111. The predicted molar refractivity (Wildman–Crippen MR) is 49.4 cm³/mol. The number of aliphatic hydroxyl groups excluding tert-OH is 1. The molecule has 0 spiro atoms. The van der Waals surface area contributed by atoms with Crippen LogP contribution in [0, 0.1) is 0 Å². The summed E-state index contributed by atoms with van der Waals surface area (Å²) >= 11 is 0. The van der Waals surface area contributed by atoms with Gasteiger partial charge in [0.15, 0.2) is 0 Å². The van der Waals surface area contributed by atoms with Crippen molar-refractivity contribution in [2.24, 2.45) is 0 Å². The van der Waals surface area contributed by atoms with Crippen LogP contribution in [0.2, 0.25) is 0 Å². The maximum atomic E-state index is 8.76. The zero-order chi connectivity index (χ0) is 10.6. The van der Waals surface area contributed by atoms with Gasteiger partial charge in [-0.2, -0.15) is 0 Å². The lowest BCUT2D eigenvalue weighted by atomic mass is 10.4. The summed E-state index contributed by atoms with van der Waals surface area (Å²) in [7, 11) is 2.93. The summed E-state index contributed by atoms with van der Waals surface area (Å²) in [6, 6.07) is 0. The van der Waals surface area contributed by atoms with Crippen LogP contribution in [-0.4, -0.2) is 63.7 Å². The number of nitrogens with zero attached hydrogens (tertiary/aromatic N) is 1. The Morgan fingerprint density at radius 3 is 1.79 bits per heavy atom. The Balaban J connectivity index is 3.44. The van der Waals surface area contributed by atoms with Crippen LogP contribution >= 0.6 is 0 Å². The molecule has 0 aliphatic carbocycles. The smallest absolute Gasteiger partial charge is 0.0949 e. The predicted octanol–water partition coefficient (Wildman–Crippen LogP) is -0.563. The highest BCUT2D eigenvalue weighted by Crippen LogP contribution is 1.89. The van der Waals surface area contributed by atoms with Gasteiger partial charge in [-0.25, -0.2) is 19.6 Å². The molecule has 0 aromatic rings. The van der Waals surface area contributed by atoms with Crippen LogP contribution in [0.5, 0.6) is 0 Å². The summed E-state index contributed by atoms with van der Waals surface area (Å²) in [5, 5.41) is 8.76. The van der Waals surface area contributed by atoms with E-state index in [4.69, 9.17) is 14.9 Å². The van der Waals surface area contributed by atoms with Crippen molar-refractivity contribution in [3.63, 3.8) is 0 Å². The van der Waals surface area contributed by atoms with E-state index in [0.717, 1.165) is 0 Å². The van der Waals surface area contributed by atoms with Gasteiger partial charge < -0.3 is 5.11 Å². The molecule has 0 aromatic heterocycles. The summed E-state index contributed by atoms with van der Waals surface area (Å²) in [6.45, 7) is 2.98. The Kier molecular flexibility index (Phi) is 10.7. The maximum absolute atomic E-state index is 8.76. The van der Waals surface area contributed by atoms with Crippen molar-refractivity contribution in [3.8, 4) is 0 Å². The van der Waals surface area contributed by atoms with Crippen LogP contribution < -0.4 is 0 Å². The van der Waals surface area contributed by atoms with Crippen LogP contribution in [0.15, 0.2) is 0 Å². The normalized spacial score (nSPS) is 11.1. The molecule has 0 atom stereocenters. The fourth-order valence-corrected chi connectivity index (χ4v) is 0.976. The molecule has 0 amide bonds. The van der Waals surface area contributed by atoms with Crippen molar-refractivity contribution >= 4 is 0 Å². The monoisotopic (exact) mass is 209 g/mol. The Morgan fingerprint density at radius 1 is 0.929 bits per heavy atom. The first-order valence-electron chi connectivity index (χ1n) is 4.49. The molecule has 0 heterocycles. The molecule has 14 heavy (non-hydrogen) atoms. The first kappa shape index (κ1) is 13.8. The van der Waals surface area contributed by atoms with Gasteiger partial charge in [0.1, 0.15) is 0 Å². The van der Waals surface area contributed by atoms with Gasteiger partial charge in [0.05, 0.1) is 34.0 Å². The molecule has 0 saturated carbocycles. The van der Waals surface area contributed by atoms with Gasteiger partial charge in [-0.05, 0) is 0 Å². The number of aliphatic hydroxyl groups is 1. The van der Waals surface area contributed by atoms with Gasteiger partial charge in [0, 0.05) is 19.6 Å². The van der Waals surface area contributed by atoms with Gasteiger partial charge in [0.2, 0.25) is 0 Å². The van der Waals surface area contributed by atoms with E-state index in [1.165, 1.54) is 14.2 Å². The molecule has 0 rings (SSSR count). The summed E-state index contributed by atoms with van der Waals surface area (Å²) in [5.74, 6) is 0. The number of rotatable bonds is 10. The molecule has 0 unspecified atom stereocenters. The first-order chi connectivity index (χ1) is 6.85. The van der Waals surface area contributed by atoms with E-state index >= 15 is 0 Å². The number of hydrogen-bond donors (Lipinski definition) is 1. The second kappa shape index (κ2) is 10.8. The lowest BCUT2D eigenvalue weighted by Crippen LogP contribution is -2.33. The minimum atomic E-state index is 0.111. The second-order valence-electron chi connectivity index (χ2n) is 2.54. The maximum Gasteiger partial charge on any atom is 0.0949 e. The first-order valence-corrected chi connectivity index (χ1v) is 4.49. The minimum Gasteiger partial charge on any atom is -0.395 e. The largest absolute Gasteiger partial charge is 0.395 e. The van der Waals surface area contributed by atoms with Crippen LogP contribution in [-0.2, 0) is 19.6 Å². The Hall–Kier alpha value is -0.240. The molecule has 6 nitrogen and oxygen atoms in total. The second-order valence-corrected chi connectivity index (χ2v) is 2.54. The van der Waals surface area contributed by atoms with E-state index < -0.39 is 0 Å². The van der Waals surface area contributed by atoms with Crippen molar-refractivity contribution in [2.45, 2.75) is 0 Å². The van der Waals surface area contributed by atoms with E-state index in [9.17, 15) is 0 Å². The highest BCUT2D eigenvalue weighted by molar-refractivity contribution is 4.54. The van der Waals surface area contributed by atoms with E-state index in [2.05, 4.69) is 9.78 Å². The van der Waals surface area contributed by atoms with Crippen LogP contribution in [0.25, 0.3) is 0 Å². The summed E-state index contributed by atoms with van der Waals surface area (Å²) in [6.07, 6.45) is 0. The van der Waals surface area contributed by atoms with Crippen molar-refractivity contribution in [2.75, 3.05) is 53.7 Å². The third-order valence-electron chi connectivity index (χ3n) is 1.63. The topological polar surface area (TPSA) is 60.4 Å². The molecule has 0 fully saturated rings. The number of hydrogen-bond acceptors (Lipinski definition) is 6. The zero-order valence-corrected chi connectivity index (χ0v) is 8.77. The molecule has 1 N–H and O–H groups in total. The van der Waals surface area contributed by atoms with Gasteiger partial charge in [-0.3, -0.25) is 4.90 Å². The average molecular weight is 209 g/mol. The van der Waals surface area contributed by atoms with Gasteiger partial charge in [0.25, 0.3) is 0 Å². The highest BCUT2D eigenvalue weighted by Gasteiger charge is 2.03. The molecule has 6 heteroatoms. The van der Waals surface area contributed by atoms with Gasteiger partial charge in [-0.15, -0.1) is 0 Å². The Morgan fingerprint density at radius 2 is 1.43 bits per heavy atom. The Labute approximate surface area is 84.2 Å². The van der Waals surface area contributed by atoms with Crippen molar-refractivity contribution < 1.29 is 24.7 Å². The molecule has 0 radical (unpaired) electrons. The quantitative estimate of drug-likeness (QED) is 0.295. The van der Waals surface area contributed by atoms with Gasteiger partial charge in [-0.1, -0.05) is 0 Å². The Bertz CT molecular complexity index is 104. The van der Waals surface area contributed by atoms with E-state index in [0.29, 0.717) is 32.8 Å². The molecule has 0 saturated heterocycles.